The van der Waals surface area contributed by atoms with Gasteiger partial charge in [0.2, 0.25) is 0 Å². The molecule has 0 amide bonds. The number of hydrogen-bond acceptors (Lipinski definition) is 3. The van der Waals surface area contributed by atoms with E-state index in [1.165, 1.54) is 30.6 Å². The molecule has 1 fully saturated rings. The van der Waals surface area contributed by atoms with E-state index in [0.29, 0.717) is 6.04 Å². The summed E-state index contributed by atoms with van der Waals surface area (Å²) in [6, 6.07) is 11.1. The number of benzene rings is 1. The number of aryl methyl sites for hydroxylation is 1. The van der Waals surface area contributed by atoms with Crippen LogP contribution in [0.15, 0.2) is 30.3 Å². The molecular formula is C17H24N4. The Morgan fingerprint density at radius 3 is 2.57 bits per heavy atom. The first-order valence-electron chi connectivity index (χ1n) is 7.73. The molecule has 1 heterocycles. The van der Waals surface area contributed by atoms with Crippen LogP contribution in [0.25, 0.3) is 5.69 Å². The topological polar surface area (TPSA) is 33.1 Å². The lowest BCUT2D eigenvalue weighted by Crippen LogP contribution is -2.39. The molecule has 1 aliphatic carbocycles. The van der Waals surface area contributed by atoms with Gasteiger partial charge in [0.15, 0.2) is 0 Å². The maximum absolute atomic E-state index is 4.80. The van der Waals surface area contributed by atoms with E-state index in [9.17, 15) is 0 Å². The van der Waals surface area contributed by atoms with Crippen molar-refractivity contribution in [3.8, 4) is 5.69 Å². The van der Waals surface area contributed by atoms with Crippen LogP contribution < -0.4 is 10.2 Å². The molecule has 0 saturated heterocycles. The van der Waals surface area contributed by atoms with E-state index in [-0.39, 0.29) is 0 Å². The second-order valence-electron chi connectivity index (χ2n) is 5.86. The van der Waals surface area contributed by atoms with Gasteiger partial charge >= 0.3 is 0 Å². The summed E-state index contributed by atoms with van der Waals surface area (Å²) >= 11 is 0. The van der Waals surface area contributed by atoms with Crippen LogP contribution in [-0.4, -0.2) is 29.9 Å². The monoisotopic (exact) mass is 284 g/mol. The predicted octanol–water partition coefficient (Wildman–Crippen LogP) is 2.89. The SMILES string of the molecule is CNCc1c(C)nn(-c2ccccc2)c1N(C)C1CCC1. The second-order valence-corrected chi connectivity index (χ2v) is 5.86. The molecule has 0 spiro atoms. The highest BCUT2D eigenvalue weighted by atomic mass is 15.4. The van der Waals surface area contributed by atoms with Gasteiger partial charge in [-0.3, -0.25) is 0 Å². The van der Waals surface area contributed by atoms with Gasteiger partial charge < -0.3 is 10.2 Å². The standard InChI is InChI=1S/C17H24N4/c1-13-16(12-18-2)17(20(3)14-10-7-11-14)21(19-13)15-8-5-4-6-9-15/h4-6,8-9,14,18H,7,10-12H2,1-3H3. The summed E-state index contributed by atoms with van der Waals surface area (Å²) in [5, 5.41) is 8.08. The number of nitrogens with one attached hydrogen (secondary N) is 1. The highest BCUT2D eigenvalue weighted by Crippen LogP contribution is 2.33. The van der Waals surface area contributed by atoms with E-state index in [4.69, 9.17) is 5.10 Å². The molecule has 0 aliphatic heterocycles. The zero-order chi connectivity index (χ0) is 14.8. The third kappa shape index (κ3) is 2.56. The number of nitrogens with zero attached hydrogens (tertiary/aromatic N) is 3. The average Bonchev–Trinajstić information content (AvgIpc) is 2.76. The van der Waals surface area contributed by atoms with Crippen LogP contribution in [0.5, 0.6) is 0 Å². The van der Waals surface area contributed by atoms with Gasteiger partial charge in [-0.1, -0.05) is 18.2 Å². The number of rotatable bonds is 5. The summed E-state index contributed by atoms with van der Waals surface area (Å²) in [6.45, 7) is 2.95. The normalized spacial score (nSPS) is 15.0. The van der Waals surface area contributed by atoms with Crippen molar-refractivity contribution in [1.82, 2.24) is 15.1 Å². The van der Waals surface area contributed by atoms with E-state index in [1.54, 1.807) is 0 Å². The van der Waals surface area contributed by atoms with E-state index in [0.717, 1.165) is 17.9 Å². The molecule has 2 aromatic rings. The fourth-order valence-corrected chi connectivity index (χ4v) is 2.99. The van der Waals surface area contributed by atoms with Crippen LogP contribution in [0.3, 0.4) is 0 Å². The lowest BCUT2D eigenvalue weighted by molar-refractivity contribution is 0.397. The van der Waals surface area contributed by atoms with Gasteiger partial charge in [-0.2, -0.15) is 5.10 Å². The molecule has 1 aromatic heterocycles. The fraction of sp³-hybridized carbons (Fsp3) is 0.471. The molecular weight excluding hydrogens is 260 g/mol. The van der Waals surface area contributed by atoms with Crippen LogP contribution in [0, 0.1) is 6.92 Å². The molecule has 0 bridgehead atoms. The van der Waals surface area contributed by atoms with Gasteiger partial charge in [-0.15, -0.1) is 0 Å². The molecule has 4 nitrogen and oxygen atoms in total. The Morgan fingerprint density at radius 2 is 2.00 bits per heavy atom. The van der Waals surface area contributed by atoms with E-state index >= 15 is 0 Å². The minimum absolute atomic E-state index is 0.652. The van der Waals surface area contributed by atoms with Crippen LogP contribution in [-0.2, 0) is 6.54 Å². The Labute approximate surface area is 126 Å². The molecule has 0 unspecified atom stereocenters. The van der Waals surface area contributed by atoms with Crippen molar-refractivity contribution in [1.29, 1.82) is 0 Å². The molecule has 21 heavy (non-hydrogen) atoms. The molecule has 4 heteroatoms. The third-order valence-electron chi connectivity index (χ3n) is 4.47. The summed E-state index contributed by atoms with van der Waals surface area (Å²) in [5.74, 6) is 1.23. The molecule has 0 atom stereocenters. The smallest absolute Gasteiger partial charge is 0.137 e. The number of aromatic nitrogens is 2. The average molecular weight is 284 g/mol. The molecule has 112 valence electrons. The summed E-state index contributed by atoms with van der Waals surface area (Å²) in [5.41, 5.74) is 3.54. The van der Waals surface area contributed by atoms with E-state index < -0.39 is 0 Å². The van der Waals surface area contributed by atoms with Gasteiger partial charge in [0.05, 0.1) is 11.4 Å². The summed E-state index contributed by atoms with van der Waals surface area (Å²) in [4.78, 5) is 2.42. The molecule has 1 aromatic carbocycles. The molecule has 3 rings (SSSR count). The van der Waals surface area contributed by atoms with Gasteiger partial charge in [-0.25, -0.2) is 4.68 Å². The third-order valence-corrected chi connectivity index (χ3v) is 4.47. The Bertz CT molecular complexity index is 599. The van der Waals surface area contributed by atoms with Gasteiger partial charge in [0, 0.05) is 25.2 Å². The minimum atomic E-state index is 0.652. The quantitative estimate of drug-likeness (QED) is 0.916. The Balaban J connectivity index is 2.08. The van der Waals surface area contributed by atoms with Gasteiger partial charge in [-0.05, 0) is 45.4 Å². The first-order valence-corrected chi connectivity index (χ1v) is 7.73. The van der Waals surface area contributed by atoms with E-state index in [2.05, 4.69) is 53.1 Å². The summed E-state index contributed by atoms with van der Waals surface area (Å²) in [7, 11) is 4.20. The number of hydrogen-bond donors (Lipinski definition) is 1. The first-order chi connectivity index (χ1) is 10.2. The minimum Gasteiger partial charge on any atom is -0.356 e. The molecule has 0 radical (unpaired) electrons. The fourth-order valence-electron chi connectivity index (χ4n) is 2.99. The highest BCUT2D eigenvalue weighted by Gasteiger charge is 2.28. The first kappa shape index (κ1) is 14.1. The highest BCUT2D eigenvalue weighted by molar-refractivity contribution is 5.55. The zero-order valence-corrected chi connectivity index (χ0v) is 13.1. The Morgan fingerprint density at radius 1 is 1.29 bits per heavy atom. The summed E-state index contributed by atoms with van der Waals surface area (Å²) < 4.78 is 2.10. The van der Waals surface area contributed by atoms with Crippen molar-refractivity contribution < 1.29 is 0 Å². The van der Waals surface area contributed by atoms with Crippen molar-refractivity contribution in [3.05, 3.63) is 41.6 Å². The summed E-state index contributed by atoms with van der Waals surface area (Å²) in [6.07, 6.45) is 3.91. The zero-order valence-electron chi connectivity index (χ0n) is 13.1. The maximum atomic E-state index is 4.80. The predicted molar refractivity (Wildman–Crippen MR) is 87.1 cm³/mol. The van der Waals surface area contributed by atoms with Crippen LogP contribution >= 0.6 is 0 Å². The van der Waals surface area contributed by atoms with Crippen LogP contribution in [0.4, 0.5) is 5.82 Å². The molecule has 1 aliphatic rings. The number of anilines is 1. The van der Waals surface area contributed by atoms with Gasteiger partial charge in [0.25, 0.3) is 0 Å². The van der Waals surface area contributed by atoms with Crippen LogP contribution in [0.2, 0.25) is 0 Å². The van der Waals surface area contributed by atoms with Crippen molar-refractivity contribution in [2.75, 3.05) is 19.0 Å². The van der Waals surface area contributed by atoms with E-state index in [1.807, 2.05) is 13.1 Å². The second kappa shape index (κ2) is 5.90. The largest absolute Gasteiger partial charge is 0.356 e. The van der Waals surface area contributed by atoms with Crippen molar-refractivity contribution in [3.63, 3.8) is 0 Å². The molecule has 1 saturated carbocycles. The molecule has 1 N–H and O–H groups in total. The van der Waals surface area contributed by atoms with Gasteiger partial charge in [0.1, 0.15) is 5.82 Å². The number of para-hydroxylation sites is 1. The van der Waals surface area contributed by atoms with Crippen molar-refractivity contribution in [2.45, 2.75) is 38.8 Å². The lowest BCUT2D eigenvalue weighted by atomic mass is 9.91. The van der Waals surface area contributed by atoms with Crippen molar-refractivity contribution in [2.24, 2.45) is 0 Å². The lowest BCUT2D eigenvalue weighted by Gasteiger charge is -2.37. The van der Waals surface area contributed by atoms with Crippen LogP contribution in [0.1, 0.15) is 30.5 Å². The van der Waals surface area contributed by atoms with Crippen molar-refractivity contribution >= 4 is 5.82 Å². The maximum Gasteiger partial charge on any atom is 0.137 e. The Kier molecular flexibility index (Phi) is 3.97. The Hall–Kier alpha value is -1.81.